The van der Waals surface area contributed by atoms with Gasteiger partial charge in [0.2, 0.25) is 0 Å². The lowest BCUT2D eigenvalue weighted by Crippen LogP contribution is -2.57. The predicted octanol–water partition coefficient (Wildman–Crippen LogP) is 1.52. The van der Waals surface area contributed by atoms with Crippen molar-refractivity contribution in [3.05, 3.63) is 0 Å². The van der Waals surface area contributed by atoms with Gasteiger partial charge in [-0.25, -0.2) is 4.79 Å². The molecule has 2 aliphatic rings. The molecule has 134 valence electrons. The third kappa shape index (κ3) is 5.98. The summed E-state index contributed by atoms with van der Waals surface area (Å²) in [6.45, 7) is 10.1. The Balaban J connectivity index is 0.00000264. The maximum atomic E-state index is 12.1. The summed E-state index contributed by atoms with van der Waals surface area (Å²) < 4.78 is 10.5. The molecule has 23 heavy (non-hydrogen) atoms. The molecule has 0 saturated carbocycles. The number of carbonyl (C=O) groups excluding carboxylic acids is 1. The highest BCUT2D eigenvalue weighted by molar-refractivity contribution is 14.0. The van der Waals surface area contributed by atoms with Crippen molar-refractivity contribution in [2.24, 2.45) is 4.99 Å². The normalized spacial score (nSPS) is 20.5. The maximum absolute atomic E-state index is 12.1. The second kappa shape index (κ2) is 8.91. The number of halogens is 1. The lowest BCUT2D eigenvalue weighted by atomic mass is 10.2. The molecule has 8 heteroatoms. The molecule has 1 amide bonds. The summed E-state index contributed by atoms with van der Waals surface area (Å²) in [5.74, 6) is 0.949. The predicted molar refractivity (Wildman–Crippen MR) is 101 cm³/mol. The molecular weight excluding hydrogens is 411 g/mol. The first-order valence-electron chi connectivity index (χ1n) is 7.92. The Kier molecular flexibility index (Phi) is 7.85. The van der Waals surface area contributed by atoms with Crippen LogP contribution in [-0.2, 0) is 9.47 Å². The molecule has 2 aliphatic heterocycles. The molecule has 1 saturated heterocycles. The summed E-state index contributed by atoms with van der Waals surface area (Å²) in [7, 11) is 1.71. The van der Waals surface area contributed by atoms with Crippen molar-refractivity contribution in [1.29, 1.82) is 0 Å². The lowest BCUT2D eigenvalue weighted by molar-refractivity contribution is 0.0137. The van der Waals surface area contributed by atoms with Gasteiger partial charge in [-0.05, 0) is 27.2 Å². The van der Waals surface area contributed by atoms with Crippen LogP contribution in [-0.4, -0.2) is 79.9 Å². The van der Waals surface area contributed by atoms with Crippen LogP contribution < -0.4 is 5.32 Å². The summed E-state index contributed by atoms with van der Waals surface area (Å²) in [6, 6.07) is 0.256. The van der Waals surface area contributed by atoms with E-state index >= 15 is 0 Å². The van der Waals surface area contributed by atoms with Crippen LogP contribution in [0.15, 0.2) is 4.99 Å². The third-order valence-corrected chi connectivity index (χ3v) is 3.67. The van der Waals surface area contributed by atoms with Gasteiger partial charge in [0.15, 0.2) is 5.96 Å². The van der Waals surface area contributed by atoms with E-state index in [1.165, 1.54) is 0 Å². The molecule has 1 fully saturated rings. The molecule has 1 N–H and O–H groups in total. The minimum Gasteiger partial charge on any atom is -0.444 e. The molecule has 2 heterocycles. The number of rotatable bonds is 4. The van der Waals surface area contributed by atoms with Gasteiger partial charge in [-0.1, -0.05) is 0 Å². The molecule has 0 aromatic carbocycles. The number of piperazine rings is 1. The Morgan fingerprint density at radius 2 is 2.13 bits per heavy atom. The number of ether oxygens (including phenoxy) is 2. The van der Waals surface area contributed by atoms with Crippen molar-refractivity contribution in [3.63, 3.8) is 0 Å². The van der Waals surface area contributed by atoms with Crippen LogP contribution in [0.3, 0.4) is 0 Å². The number of nitrogens with zero attached hydrogens (tertiary/aromatic N) is 3. The van der Waals surface area contributed by atoms with Gasteiger partial charge in [-0.15, -0.1) is 24.0 Å². The highest BCUT2D eigenvalue weighted by Gasteiger charge is 2.36. The van der Waals surface area contributed by atoms with Crippen LogP contribution in [0.25, 0.3) is 0 Å². The van der Waals surface area contributed by atoms with E-state index in [-0.39, 0.29) is 36.1 Å². The van der Waals surface area contributed by atoms with Gasteiger partial charge in [0, 0.05) is 39.9 Å². The van der Waals surface area contributed by atoms with Gasteiger partial charge in [0.25, 0.3) is 0 Å². The molecule has 0 radical (unpaired) electrons. The van der Waals surface area contributed by atoms with E-state index in [2.05, 4.69) is 15.2 Å². The van der Waals surface area contributed by atoms with Crippen molar-refractivity contribution in [1.82, 2.24) is 15.1 Å². The molecule has 1 unspecified atom stereocenters. The number of hydrogen-bond donors (Lipinski definition) is 1. The van der Waals surface area contributed by atoms with Crippen LogP contribution in [0.5, 0.6) is 0 Å². The Morgan fingerprint density at radius 3 is 2.78 bits per heavy atom. The Morgan fingerprint density at radius 1 is 1.39 bits per heavy atom. The molecule has 0 bridgehead atoms. The fourth-order valence-electron chi connectivity index (χ4n) is 2.64. The number of nitrogens with one attached hydrogen (secondary N) is 1. The molecule has 0 aromatic rings. The largest absolute Gasteiger partial charge is 0.444 e. The maximum Gasteiger partial charge on any atom is 0.410 e. The second-order valence-corrected chi connectivity index (χ2v) is 6.71. The van der Waals surface area contributed by atoms with Crippen molar-refractivity contribution in [2.45, 2.75) is 38.8 Å². The quantitative estimate of drug-likeness (QED) is 0.531. The van der Waals surface area contributed by atoms with E-state index in [4.69, 9.17) is 9.47 Å². The average molecular weight is 440 g/mol. The number of carbonyl (C=O) groups is 1. The summed E-state index contributed by atoms with van der Waals surface area (Å²) in [6.07, 6.45) is 0.728. The smallest absolute Gasteiger partial charge is 0.410 e. The van der Waals surface area contributed by atoms with E-state index in [0.29, 0.717) is 13.1 Å². The van der Waals surface area contributed by atoms with E-state index in [1.807, 2.05) is 20.8 Å². The second-order valence-electron chi connectivity index (χ2n) is 6.71. The lowest BCUT2D eigenvalue weighted by Gasteiger charge is -2.39. The Labute approximate surface area is 155 Å². The van der Waals surface area contributed by atoms with Crippen LogP contribution in [0, 0.1) is 0 Å². The number of methoxy groups -OCH3 is 1. The minimum atomic E-state index is -0.450. The van der Waals surface area contributed by atoms with Gasteiger partial charge < -0.3 is 24.6 Å². The summed E-state index contributed by atoms with van der Waals surface area (Å²) in [5, 5.41) is 3.36. The molecule has 7 nitrogen and oxygen atoms in total. The van der Waals surface area contributed by atoms with Crippen LogP contribution >= 0.6 is 24.0 Å². The monoisotopic (exact) mass is 440 g/mol. The van der Waals surface area contributed by atoms with Crippen molar-refractivity contribution < 1.29 is 14.3 Å². The first-order valence-corrected chi connectivity index (χ1v) is 7.92. The first-order chi connectivity index (χ1) is 10.4. The summed E-state index contributed by atoms with van der Waals surface area (Å²) in [5.41, 5.74) is -0.450. The topological polar surface area (TPSA) is 66.4 Å². The highest BCUT2D eigenvalue weighted by atomic mass is 127. The van der Waals surface area contributed by atoms with Crippen LogP contribution in [0.1, 0.15) is 27.2 Å². The van der Waals surface area contributed by atoms with E-state index in [1.54, 1.807) is 12.0 Å². The SMILES string of the molecule is COCCCNC1=NCC2CN(C(=O)OC(C)(C)C)CCN12.I. The third-order valence-electron chi connectivity index (χ3n) is 3.67. The zero-order valence-corrected chi connectivity index (χ0v) is 16.8. The highest BCUT2D eigenvalue weighted by Crippen LogP contribution is 2.18. The zero-order chi connectivity index (χ0) is 16.2. The number of guanidine groups is 1. The first kappa shape index (κ1) is 20.3. The van der Waals surface area contributed by atoms with Gasteiger partial charge in [0.1, 0.15) is 5.60 Å². The van der Waals surface area contributed by atoms with E-state index in [0.717, 1.165) is 38.6 Å². The van der Waals surface area contributed by atoms with Gasteiger partial charge in [-0.2, -0.15) is 0 Å². The molecule has 0 aromatic heterocycles. The average Bonchev–Trinajstić information content (AvgIpc) is 2.84. The molecular formula is C15H29IN4O3. The van der Waals surface area contributed by atoms with Crippen molar-refractivity contribution in [3.8, 4) is 0 Å². The number of hydrogen-bond acceptors (Lipinski definition) is 6. The number of fused-ring (bicyclic) bond motifs is 1. The number of amides is 1. The summed E-state index contributed by atoms with van der Waals surface area (Å²) in [4.78, 5) is 20.7. The van der Waals surface area contributed by atoms with E-state index in [9.17, 15) is 4.79 Å². The molecule has 1 atom stereocenters. The fourth-order valence-corrected chi connectivity index (χ4v) is 2.64. The van der Waals surface area contributed by atoms with Gasteiger partial charge >= 0.3 is 6.09 Å². The number of aliphatic imine (C=N–C) groups is 1. The summed E-state index contributed by atoms with van der Waals surface area (Å²) >= 11 is 0. The fraction of sp³-hybridized carbons (Fsp3) is 0.867. The van der Waals surface area contributed by atoms with E-state index < -0.39 is 5.60 Å². The van der Waals surface area contributed by atoms with Crippen molar-refractivity contribution in [2.75, 3.05) is 46.4 Å². The Hall–Kier alpha value is -0.770. The standard InChI is InChI=1S/C15H28N4O3.HI/c1-15(2,3)22-14(20)18-7-8-19-12(11-18)10-17-13(19)16-6-5-9-21-4;/h12H,5-11H2,1-4H3,(H,16,17);1H. The molecule has 0 spiro atoms. The molecule has 2 rings (SSSR count). The molecule has 0 aliphatic carbocycles. The van der Waals surface area contributed by atoms with Crippen LogP contribution in [0.2, 0.25) is 0 Å². The zero-order valence-electron chi connectivity index (χ0n) is 14.5. The Bertz CT molecular complexity index is 425. The van der Waals surface area contributed by atoms with Gasteiger partial charge in [0.05, 0.1) is 12.6 Å². The van der Waals surface area contributed by atoms with Gasteiger partial charge in [-0.3, -0.25) is 4.99 Å². The van der Waals surface area contributed by atoms with Crippen molar-refractivity contribution >= 4 is 36.0 Å². The minimum absolute atomic E-state index is 0. The van der Waals surface area contributed by atoms with Crippen LogP contribution in [0.4, 0.5) is 4.79 Å².